The topological polar surface area (TPSA) is 67.7 Å². The second-order valence-electron chi connectivity index (χ2n) is 4.17. The van der Waals surface area contributed by atoms with Gasteiger partial charge in [0.2, 0.25) is 0 Å². The van der Waals surface area contributed by atoms with Crippen LogP contribution in [0.4, 0.5) is 11.6 Å². The summed E-state index contributed by atoms with van der Waals surface area (Å²) in [5.41, 5.74) is 0. The van der Waals surface area contributed by atoms with E-state index in [-0.39, 0.29) is 0 Å². The molecule has 0 aromatic carbocycles. The highest BCUT2D eigenvalue weighted by molar-refractivity contribution is 6.37. The van der Waals surface area contributed by atoms with Gasteiger partial charge in [0, 0.05) is 19.3 Å². The molecule has 8 heteroatoms. The Hall–Kier alpha value is -1.53. The van der Waals surface area contributed by atoms with Crippen molar-refractivity contribution in [3.63, 3.8) is 0 Å². The molecule has 0 fully saturated rings. The van der Waals surface area contributed by atoms with Crippen LogP contribution in [0, 0.1) is 0 Å². The summed E-state index contributed by atoms with van der Waals surface area (Å²) >= 11 is 12.2. The van der Waals surface area contributed by atoms with Crippen molar-refractivity contribution in [3.8, 4) is 0 Å². The summed E-state index contributed by atoms with van der Waals surface area (Å²) < 4.78 is 1.73. The summed E-state index contributed by atoms with van der Waals surface area (Å²) in [5.74, 6) is 1.25. The van der Waals surface area contributed by atoms with Crippen molar-refractivity contribution in [2.75, 3.05) is 23.7 Å². The molecule has 0 saturated carbocycles. The summed E-state index contributed by atoms with van der Waals surface area (Å²) in [6, 6.07) is 1.69. The highest BCUT2D eigenvalue weighted by atomic mass is 35.5. The van der Waals surface area contributed by atoms with Crippen LogP contribution < -0.4 is 10.6 Å². The zero-order valence-electron chi connectivity index (χ0n) is 11.1. The molecular formula is C12H16Cl2N6. The second-order valence-corrected chi connectivity index (χ2v) is 4.98. The number of pyridine rings is 1. The van der Waals surface area contributed by atoms with E-state index in [4.69, 9.17) is 23.2 Å². The maximum atomic E-state index is 6.12. The van der Waals surface area contributed by atoms with Crippen molar-refractivity contribution < 1.29 is 0 Å². The predicted octanol–water partition coefficient (Wildman–Crippen LogP) is 2.91. The Kier molecular flexibility index (Phi) is 5.43. The van der Waals surface area contributed by atoms with E-state index in [0.717, 1.165) is 13.0 Å². The van der Waals surface area contributed by atoms with Gasteiger partial charge in [-0.05, 0) is 12.5 Å². The van der Waals surface area contributed by atoms with Crippen LogP contribution in [-0.4, -0.2) is 33.1 Å². The van der Waals surface area contributed by atoms with E-state index < -0.39 is 0 Å². The summed E-state index contributed by atoms with van der Waals surface area (Å²) in [6.07, 6.45) is 4.43. The number of hydrogen-bond donors (Lipinski definition) is 2. The van der Waals surface area contributed by atoms with Crippen LogP contribution in [0.2, 0.25) is 10.0 Å². The molecule has 2 aromatic rings. The highest BCUT2D eigenvalue weighted by Gasteiger charge is 2.08. The smallest absolute Gasteiger partial charge is 0.147 e. The van der Waals surface area contributed by atoms with Crippen molar-refractivity contribution in [1.82, 2.24) is 20.0 Å². The van der Waals surface area contributed by atoms with E-state index in [2.05, 4.69) is 32.9 Å². The number of aromatic nitrogens is 4. The van der Waals surface area contributed by atoms with Crippen molar-refractivity contribution >= 4 is 34.8 Å². The normalized spacial score (nSPS) is 10.6. The lowest BCUT2D eigenvalue weighted by Gasteiger charge is -2.12. The number of hydrogen-bond acceptors (Lipinski definition) is 5. The van der Waals surface area contributed by atoms with Crippen LogP contribution in [-0.2, 0) is 6.54 Å². The SMILES string of the molecule is CCCNc1nc(NCCn2ccnn2)c(Cl)cc1Cl. The molecule has 0 atom stereocenters. The summed E-state index contributed by atoms with van der Waals surface area (Å²) in [4.78, 5) is 4.40. The van der Waals surface area contributed by atoms with Gasteiger partial charge in [-0.2, -0.15) is 0 Å². The summed E-state index contributed by atoms with van der Waals surface area (Å²) in [7, 11) is 0. The molecule has 2 heterocycles. The molecule has 6 nitrogen and oxygen atoms in total. The van der Waals surface area contributed by atoms with Crippen LogP contribution in [0.5, 0.6) is 0 Å². The van der Waals surface area contributed by atoms with Gasteiger partial charge in [-0.25, -0.2) is 4.98 Å². The van der Waals surface area contributed by atoms with Gasteiger partial charge in [0.1, 0.15) is 11.6 Å². The van der Waals surface area contributed by atoms with Crippen LogP contribution in [0.15, 0.2) is 18.5 Å². The highest BCUT2D eigenvalue weighted by Crippen LogP contribution is 2.29. The zero-order valence-corrected chi connectivity index (χ0v) is 12.6. The standard InChI is InChI=1S/C12H16Cl2N6/c1-2-3-15-11-9(13)8-10(14)12(18-11)16-4-6-20-7-5-17-19-20/h5,7-8H,2-4,6H2,1H3,(H2,15,16,18). The van der Waals surface area contributed by atoms with Gasteiger partial charge in [0.15, 0.2) is 0 Å². The van der Waals surface area contributed by atoms with Crippen molar-refractivity contribution in [1.29, 1.82) is 0 Å². The molecule has 0 amide bonds. The molecule has 0 aliphatic rings. The molecule has 2 rings (SSSR count). The Morgan fingerprint density at radius 3 is 2.45 bits per heavy atom. The fraction of sp³-hybridized carbons (Fsp3) is 0.417. The Labute approximate surface area is 127 Å². The van der Waals surface area contributed by atoms with Gasteiger partial charge in [-0.15, -0.1) is 5.10 Å². The van der Waals surface area contributed by atoms with Crippen LogP contribution in [0.1, 0.15) is 13.3 Å². The number of halogens is 2. The first kappa shape index (κ1) is 14.9. The third kappa shape index (κ3) is 3.98. The minimum Gasteiger partial charge on any atom is -0.369 e. The minimum atomic E-state index is 0.496. The van der Waals surface area contributed by atoms with E-state index >= 15 is 0 Å². The number of nitrogens with one attached hydrogen (secondary N) is 2. The lowest BCUT2D eigenvalue weighted by molar-refractivity contribution is 0.608. The van der Waals surface area contributed by atoms with Crippen LogP contribution in [0.25, 0.3) is 0 Å². The molecule has 0 radical (unpaired) electrons. The van der Waals surface area contributed by atoms with Crippen molar-refractivity contribution in [2.24, 2.45) is 0 Å². The third-order valence-corrected chi connectivity index (χ3v) is 3.15. The number of rotatable bonds is 7. The lowest BCUT2D eigenvalue weighted by atomic mass is 10.4. The molecule has 0 spiro atoms. The summed E-state index contributed by atoms with van der Waals surface area (Å²) in [6.45, 7) is 4.21. The van der Waals surface area contributed by atoms with Gasteiger partial charge in [0.05, 0.1) is 22.8 Å². The maximum Gasteiger partial charge on any atom is 0.147 e. The Morgan fingerprint density at radius 1 is 1.15 bits per heavy atom. The molecule has 20 heavy (non-hydrogen) atoms. The predicted molar refractivity (Wildman–Crippen MR) is 81.5 cm³/mol. The summed E-state index contributed by atoms with van der Waals surface area (Å²) in [5, 5.41) is 15.0. The first-order valence-corrected chi connectivity index (χ1v) is 7.14. The van der Waals surface area contributed by atoms with E-state index in [0.29, 0.717) is 34.8 Å². The monoisotopic (exact) mass is 314 g/mol. The van der Waals surface area contributed by atoms with Gasteiger partial charge in [-0.3, -0.25) is 4.68 Å². The molecule has 2 N–H and O–H groups in total. The number of anilines is 2. The van der Waals surface area contributed by atoms with Crippen molar-refractivity contribution in [2.45, 2.75) is 19.9 Å². The van der Waals surface area contributed by atoms with Gasteiger partial charge in [0.25, 0.3) is 0 Å². The van der Waals surface area contributed by atoms with Crippen LogP contribution in [0.3, 0.4) is 0 Å². The quantitative estimate of drug-likeness (QED) is 0.822. The van der Waals surface area contributed by atoms with Crippen LogP contribution >= 0.6 is 23.2 Å². The fourth-order valence-electron chi connectivity index (χ4n) is 1.60. The Balaban J connectivity index is 1.99. The maximum absolute atomic E-state index is 6.12. The minimum absolute atomic E-state index is 0.496. The second kappa shape index (κ2) is 7.31. The molecule has 0 unspecified atom stereocenters. The Bertz CT molecular complexity index is 543. The molecule has 0 aliphatic heterocycles. The lowest BCUT2D eigenvalue weighted by Crippen LogP contribution is -2.13. The fourth-order valence-corrected chi connectivity index (χ4v) is 2.09. The van der Waals surface area contributed by atoms with E-state index in [9.17, 15) is 0 Å². The average molecular weight is 315 g/mol. The molecule has 0 aliphatic carbocycles. The largest absolute Gasteiger partial charge is 0.369 e. The zero-order chi connectivity index (χ0) is 14.4. The average Bonchev–Trinajstić information content (AvgIpc) is 2.93. The molecule has 2 aromatic heterocycles. The molecule has 0 saturated heterocycles. The van der Waals surface area contributed by atoms with Gasteiger partial charge >= 0.3 is 0 Å². The first-order chi connectivity index (χ1) is 9.70. The molecule has 0 bridgehead atoms. The van der Waals surface area contributed by atoms with Gasteiger partial charge in [-0.1, -0.05) is 35.3 Å². The Morgan fingerprint density at radius 2 is 1.85 bits per heavy atom. The molecular weight excluding hydrogens is 299 g/mol. The first-order valence-electron chi connectivity index (χ1n) is 6.38. The van der Waals surface area contributed by atoms with Gasteiger partial charge < -0.3 is 10.6 Å². The van der Waals surface area contributed by atoms with E-state index in [1.54, 1.807) is 23.1 Å². The van der Waals surface area contributed by atoms with E-state index in [1.807, 2.05) is 0 Å². The number of nitrogens with zero attached hydrogens (tertiary/aromatic N) is 4. The third-order valence-electron chi connectivity index (χ3n) is 2.58. The van der Waals surface area contributed by atoms with E-state index in [1.165, 1.54) is 0 Å². The molecule has 108 valence electrons. The van der Waals surface area contributed by atoms with Crippen molar-refractivity contribution in [3.05, 3.63) is 28.5 Å².